The lowest BCUT2D eigenvalue weighted by Crippen LogP contribution is -2.54. The molecule has 2 N–H and O–H groups in total. The molecule has 0 radical (unpaired) electrons. The molecule has 90 valence electrons. The standard InChI is InChI=1S/C12H26N2O/c1-5-11(2,13)9-14-8-6-7-12(3,10-14)15-4/h5-10,13H2,1-4H3. The molecular formula is C12H26N2O. The summed E-state index contributed by atoms with van der Waals surface area (Å²) in [6, 6.07) is 0. The highest BCUT2D eigenvalue weighted by Gasteiger charge is 2.32. The lowest BCUT2D eigenvalue weighted by atomic mass is 9.92. The minimum Gasteiger partial charge on any atom is -0.377 e. The van der Waals surface area contributed by atoms with Gasteiger partial charge in [0, 0.05) is 25.7 Å². The molecule has 1 fully saturated rings. The average molecular weight is 214 g/mol. The van der Waals surface area contributed by atoms with Crippen LogP contribution in [0, 0.1) is 0 Å². The largest absolute Gasteiger partial charge is 0.377 e. The van der Waals surface area contributed by atoms with Crippen LogP contribution in [0.15, 0.2) is 0 Å². The molecule has 0 aromatic heterocycles. The zero-order valence-electron chi connectivity index (χ0n) is 10.7. The van der Waals surface area contributed by atoms with E-state index in [1.807, 2.05) is 7.11 Å². The normalized spacial score (nSPS) is 32.6. The second-order valence-corrected chi connectivity index (χ2v) is 5.48. The molecule has 0 amide bonds. The number of hydrogen-bond donors (Lipinski definition) is 1. The van der Waals surface area contributed by atoms with Crippen LogP contribution in [-0.4, -0.2) is 42.8 Å². The Morgan fingerprint density at radius 3 is 2.73 bits per heavy atom. The van der Waals surface area contributed by atoms with E-state index >= 15 is 0 Å². The fourth-order valence-electron chi connectivity index (χ4n) is 2.23. The molecule has 0 aliphatic carbocycles. The van der Waals surface area contributed by atoms with Gasteiger partial charge in [-0.2, -0.15) is 0 Å². The first-order valence-electron chi connectivity index (χ1n) is 5.97. The van der Waals surface area contributed by atoms with Crippen molar-refractivity contribution < 1.29 is 4.74 Å². The summed E-state index contributed by atoms with van der Waals surface area (Å²) >= 11 is 0. The molecular weight excluding hydrogens is 188 g/mol. The van der Waals surface area contributed by atoms with Crippen LogP contribution in [0.4, 0.5) is 0 Å². The molecule has 1 heterocycles. The number of methoxy groups -OCH3 is 1. The highest BCUT2D eigenvalue weighted by Crippen LogP contribution is 2.24. The van der Waals surface area contributed by atoms with E-state index in [0.717, 1.165) is 32.5 Å². The van der Waals surface area contributed by atoms with Crippen LogP contribution in [0.25, 0.3) is 0 Å². The molecule has 1 aliphatic heterocycles. The quantitative estimate of drug-likeness (QED) is 0.773. The van der Waals surface area contributed by atoms with E-state index < -0.39 is 0 Å². The van der Waals surface area contributed by atoms with Crippen molar-refractivity contribution in [3.63, 3.8) is 0 Å². The fourth-order valence-corrected chi connectivity index (χ4v) is 2.23. The third-order valence-electron chi connectivity index (χ3n) is 3.62. The minimum atomic E-state index is -0.0635. The highest BCUT2D eigenvalue weighted by molar-refractivity contribution is 4.89. The van der Waals surface area contributed by atoms with E-state index in [-0.39, 0.29) is 11.1 Å². The molecule has 1 saturated heterocycles. The molecule has 2 atom stereocenters. The van der Waals surface area contributed by atoms with E-state index in [0.29, 0.717) is 0 Å². The summed E-state index contributed by atoms with van der Waals surface area (Å²) in [5, 5.41) is 0. The maximum absolute atomic E-state index is 6.19. The maximum Gasteiger partial charge on any atom is 0.0777 e. The number of ether oxygens (including phenoxy) is 1. The van der Waals surface area contributed by atoms with Crippen molar-refractivity contribution in [1.82, 2.24) is 4.90 Å². The first kappa shape index (κ1) is 12.9. The number of rotatable bonds is 4. The first-order chi connectivity index (χ1) is 6.91. The van der Waals surface area contributed by atoms with E-state index in [1.165, 1.54) is 6.42 Å². The Labute approximate surface area is 94.0 Å². The molecule has 1 aliphatic rings. The zero-order valence-corrected chi connectivity index (χ0v) is 10.7. The first-order valence-corrected chi connectivity index (χ1v) is 5.97. The van der Waals surface area contributed by atoms with E-state index in [2.05, 4.69) is 25.7 Å². The van der Waals surface area contributed by atoms with Gasteiger partial charge in [-0.05, 0) is 39.7 Å². The molecule has 0 aromatic rings. The van der Waals surface area contributed by atoms with Gasteiger partial charge in [0.25, 0.3) is 0 Å². The van der Waals surface area contributed by atoms with Gasteiger partial charge in [0.15, 0.2) is 0 Å². The smallest absolute Gasteiger partial charge is 0.0777 e. The van der Waals surface area contributed by atoms with Crippen LogP contribution in [0.3, 0.4) is 0 Å². The summed E-state index contributed by atoms with van der Waals surface area (Å²) in [5.74, 6) is 0. The second kappa shape index (κ2) is 4.81. The third kappa shape index (κ3) is 3.74. The maximum atomic E-state index is 6.19. The summed E-state index contributed by atoms with van der Waals surface area (Å²) in [6.07, 6.45) is 3.39. The van der Waals surface area contributed by atoms with Gasteiger partial charge < -0.3 is 10.5 Å². The van der Waals surface area contributed by atoms with Crippen molar-refractivity contribution in [2.75, 3.05) is 26.7 Å². The predicted octanol–water partition coefficient (Wildman–Crippen LogP) is 1.61. The molecule has 0 spiro atoms. The van der Waals surface area contributed by atoms with E-state index in [4.69, 9.17) is 10.5 Å². The molecule has 0 saturated carbocycles. The van der Waals surface area contributed by atoms with Crippen LogP contribution in [0.5, 0.6) is 0 Å². The number of nitrogens with zero attached hydrogens (tertiary/aromatic N) is 1. The van der Waals surface area contributed by atoms with Crippen LogP contribution in [-0.2, 0) is 4.74 Å². The Morgan fingerprint density at radius 1 is 1.53 bits per heavy atom. The molecule has 1 rings (SSSR count). The van der Waals surface area contributed by atoms with Crippen molar-refractivity contribution in [3.8, 4) is 0 Å². The van der Waals surface area contributed by atoms with Gasteiger partial charge >= 0.3 is 0 Å². The second-order valence-electron chi connectivity index (χ2n) is 5.48. The van der Waals surface area contributed by atoms with Gasteiger partial charge in [0.2, 0.25) is 0 Å². The Balaban J connectivity index is 2.50. The molecule has 3 nitrogen and oxygen atoms in total. The van der Waals surface area contributed by atoms with Crippen molar-refractivity contribution in [2.24, 2.45) is 5.73 Å². The Morgan fingerprint density at radius 2 is 2.20 bits per heavy atom. The molecule has 15 heavy (non-hydrogen) atoms. The van der Waals surface area contributed by atoms with Crippen LogP contribution >= 0.6 is 0 Å². The van der Waals surface area contributed by atoms with Gasteiger partial charge in [0.1, 0.15) is 0 Å². The van der Waals surface area contributed by atoms with Crippen molar-refractivity contribution in [3.05, 3.63) is 0 Å². The average Bonchev–Trinajstić information content (AvgIpc) is 2.17. The monoisotopic (exact) mass is 214 g/mol. The van der Waals surface area contributed by atoms with Gasteiger partial charge in [-0.25, -0.2) is 0 Å². The number of hydrogen-bond acceptors (Lipinski definition) is 3. The third-order valence-corrected chi connectivity index (χ3v) is 3.62. The van der Waals surface area contributed by atoms with Crippen LogP contribution in [0.2, 0.25) is 0 Å². The summed E-state index contributed by atoms with van der Waals surface area (Å²) in [4.78, 5) is 2.44. The Hall–Kier alpha value is -0.120. The van der Waals surface area contributed by atoms with Gasteiger partial charge in [-0.3, -0.25) is 4.90 Å². The summed E-state index contributed by atoms with van der Waals surface area (Å²) in [6.45, 7) is 9.62. The molecule has 3 heteroatoms. The number of likely N-dealkylation sites (tertiary alicyclic amines) is 1. The van der Waals surface area contributed by atoms with Crippen molar-refractivity contribution in [1.29, 1.82) is 0 Å². The lowest BCUT2D eigenvalue weighted by molar-refractivity contribution is -0.0543. The van der Waals surface area contributed by atoms with Gasteiger partial charge in [0.05, 0.1) is 5.60 Å². The topological polar surface area (TPSA) is 38.5 Å². The van der Waals surface area contributed by atoms with Gasteiger partial charge in [-0.15, -0.1) is 0 Å². The summed E-state index contributed by atoms with van der Waals surface area (Å²) in [5.41, 5.74) is 6.16. The fraction of sp³-hybridized carbons (Fsp3) is 1.00. The van der Waals surface area contributed by atoms with E-state index in [9.17, 15) is 0 Å². The van der Waals surface area contributed by atoms with Crippen molar-refractivity contribution >= 4 is 0 Å². The molecule has 0 aromatic carbocycles. The van der Waals surface area contributed by atoms with Crippen LogP contribution in [0.1, 0.15) is 40.0 Å². The summed E-state index contributed by atoms with van der Waals surface area (Å²) < 4.78 is 5.57. The minimum absolute atomic E-state index is 0.0298. The van der Waals surface area contributed by atoms with Gasteiger partial charge in [-0.1, -0.05) is 6.92 Å². The van der Waals surface area contributed by atoms with Crippen LogP contribution < -0.4 is 5.73 Å². The summed E-state index contributed by atoms with van der Waals surface area (Å²) in [7, 11) is 1.81. The number of piperidine rings is 1. The molecule has 2 unspecified atom stereocenters. The Bertz CT molecular complexity index is 204. The van der Waals surface area contributed by atoms with E-state index in [1.54, 1.807) is 0 Å². The SMILES string of the molecule is CCC(C)(N)CN1CCCC(C)(OC)C1. The van der Waals surface area contributed by atoms with Crippen molar-refractivity contribution in [2.45, 2.75) is 51.2 Å². The zero-order chi connectivity index (χ0) is 11.5. The highest BCUT2D eigenvalue weighted by atomic mass is 16.5. The molecule has 0 bridgehead atoms. The number of nitrogens with two attached hydrogens (primary N) is 1. The Kier molecular flexibility index (Phi) is 4.15. The lowest BCUT2D eigenvalue weighted by Gasteiger charge is -2.42. The predicted molar refractivity (Wildman–Crippen MR) is 64.0 cm³/mol.